The van der Waals surface area contributed by atoms with Crippen molar-refractivity contribution in [2.75, 3.05) is 11.9 Å². The number of amides is 1. The Labute approximate surface area is 131 Å². The van der Waals surface area contributed by atoms with E-state index in [4.69, 9.17) is 5.73 Å². The van der Waals surface area contributed by atoms with Crippen molar-refractivity contribution in [1.82, 2.24) is 5.32 Å². The number of carbonyl (C=O) groups excluding carboxylic acids is 1. The number of anilines is 1. The molecule has 0 bridgehead atoms. The lowest BCUT2D eigenvalue weighted by molar-refractivity contribution is -0.119. The van der Waals surface area contributed by atoms with Crippen LogP contribution in [0.25, 0.3) is 0 Å². The fourth-order valence-electron chi connectivity index (χ4n) is 2.19. The van der Waals surface area contributed by atoms with Crippen LogP contribution in [-0.4, -0.2) is 19.0 Å². The highest BCUT2D eigenvalue weighted by Crippen LogP contribution is 2.16. The van der Waals surface area contributed by atoms with E-state index >= 15 is 0 Å². The maximum Gasteiger partial charge on any atom is 0.234 e. The van der Waals surface area contributed by atoms with Gasteiger partial charge in [-0.15, -0.1) is 0 Å². The van der Waals surface area contributed by atoms with Gasteiger partial charge in [0.1, 0.15) is 0 Å². The molecule has 4 nitrogen and oxygen atoms in total. The van der Waals surface area contributed by atoms with Gasteiger partial charge in [-0.2, -0.15) is 0 Å². The molecule has 0 saturated carbocycles. The summed E-state index contributed by atoms with van der Waals surface area (Å²) >= 11 is 0. The third-order valence-corrected chi connectivity index (χ3v) is 3.68. The molecule has 116 valence electrons. The summed E-state index contributed by atoms with van der Waals surface area (Å²) in [7, 11) is 2.08. The Morgan fingerprint density at radius 3 is 2.32 bits per heavy atom. The van der Waals surface area contributed by atoms with E-state index in [1.807, 2.05) is 6.07 Å². The second-order valence-corrected chi connectivity index (χ2v) is 5.51. The van der Waals surface area contributed by atoms with Crippen molar-refractivity contribution in [2.24, 2.45) is 5.73 Å². The number of hydrogen-bond acceptors (Lipinski definition) is 3. The Morgan fingerprint density at radius 2 is 1.73 bits per heavy atom. The van der Waals surface area contributed by atoms with Gasteiger partial charge in [-0.05, 0) is 30.2 Å². The Kier molecular flexibility index (Phi) is 5.55. The van der Waals surface area contributed by atoms with E-state index in [2.05, 4.69) is 65.8 Å². The quantitative estimate of drug-likeness (QED) is 0.824. The lowest BCUT2D eigenvalue weighted by Crippen LogP contribution is -2.38. The molecule has 0 aliphatic heterocycles. The lowest BCUT2D eigenvalue weighted by Gasteiger charge is -2.20. The molecule has 2 rings (SSSR count). The zero-order valence-electron chi connectivity index (χ0n) is 13.1. The zero-order valence-corrected chi connectivity index (χ0v) is 13.1. The molecule has 0 aliphatic carbocycles. The average Bonchev–Trinajstić information content (AvgIpc) is 2.54. The van der Waals surface area contributed by atoms with E-state index in [9.17, 15) is 4.79 Å². The fraction of sp³-hybridized carbons (Fsp3) is 0.278. The minimum Gasteiger partial charge on any atom is -0.370 e. The van der Waals surface area contributed by atoms with Crippen molar-refractivity contribution in [3.8, 4) is 0 Å². The van der Waals surface area contributed by atoms with Gasteiger partial charge in [-0.25, -0.2) is 0 Å². The summed E-state index contributed by atoms with van der Waals surface area (Å²) in [6, 6.07) is 18.4. The molecule has 1 amide bonds. The smallest absolute Gasteiger partial charge is 0.234 e. The third-order valence-electron chi connectivity index (χ3n) is 3.68. The highest BCUT2D eigenvalue weighted by atomic mass is 16.1. The van der Waals surface area contributed by atoms with Crippen molar-refractivity contribution in [3.63, 3.8) is 0 Å². The summed E-state index contributed by atoms with van der Waals surface area (Å²) < 4.78 is 0. The monoisotopic (exact) mass is 297 g/mol. The number of nitrogens with one attached hydrogen (secondary N) is 1. The molecule has 0 aromatic heterocycles. The molecular formula is C18H23N3O. The van der Waals surface area contributed by atoms with Crippen LogP contribution in [0.1, 0.15) is 18.1 Å². The molecular weight excluding hydrogens is 274 g/mol. The maximum absolute atomic E-state index is 11.0. The first-order chi connectivity index (χ1) is 10.6. The van der Waals surface area contributed by atoms with Gasteiger partial charge in [0.15, 0.2) is 0 Å². The number of carbonyl (C=O) groups is 1. The SMILES string of the molecule is C[C@@H](NCc1ccc(N(C)Cc2ccccc2)cc1)C(N)=O. The topological polar surface area (TPSA) is 58.4 Å². The maximum atomic E-state index is 11.0. The van der Waals surface area contributed by atoms with Gasteiger partial charge in [0.05, 0.1) is 6.04 Å². The highest BCUT2D eigenvalue weighted by Gasteiger charge is 2.07. The molecule has 1 atom stereocenters. The van der Waals surface area contributed by atoms with Crippen LogP contribution in [0.4, 0.5) is 5.69 Å². The van der Waals surface area contributed by atoms with E-state index < -0.39 is 0 Å². The molecule has 2 aromatic carbocycles. The molecule has 0 heterocycles. The van der Waals surface area contributed by atoms with E-state index in [-0.39, 0.29) is 11.9 Å². The molecule has 0 aliphatic rings. The average molecular weight is 297 g/mol. The summed E-state index contributed by atoms with van der Waals surface area (Å²) in [5, 5.41) is 3.10. The summed E-state index contributed by atoms with van der Waals surface area (Å²) in [5.74, 6) is -0.334. The second-order valence-electron chi connectivity index (χ2n) is 5.51. The van der Waals surface area contributed by atoms with Crippen molar-refractivity contribution < 1.29 is 4.79 Å². The highest BCUT2D eigenvalue weighted by molar-refractivity contribution is 5.79. The number of rotatable bonds is 7. The van der Waals surface area contributed by atoms with Gasteiger partial charge in [0, 0.05) is 25.8 Å². The van der Waals surface area contributed by atoms with Crippen LogP contribution in [0.5, 0.6) is 0 Å². The summed E-state index contributed by atoms with van der Waals surface area (Å²) in [6.45, 7) is 3.27. The molecule has 0 saturated heterocycles. The Balaban J connectivity index is 1.92. The standard InChI is InChI=1S/C18H23N3O/c1-14(18(19)22)20-12-15-8-10-17(11-9-15)21(2)13-16-6-4-3-5-7-16/h3-11,14,20H,12-13H2,1-2H3,(H2,19,22)/t14-/m1/s1. The van der Waals surface area contributed by atoms with Gasteiger partial charge >= 0.3 is 0 Å². The fourth-order valence-corrected chi connectivity index (χ4v) is 2.19. The van der Waals surface area contributed by atoms with Gasteiger partial charge in [-0.3, -0.25) is 4.79 Å². The number of nitrogens with zero attached hydrogens (tertiary/aromatic N) is 1. The minimum atomic E-state index is -0.334. The number of nitrogens with two attached hydrogens (primary N) is 1. The Bertz CT molecular complexity index is 595. The number of hydrogen-bond donors (Lipinski definition) is 2. The van der Waals surface area contributed by atoms with Crippen molar-refractivity contribution >= 4 is 11.6 Å². The van der Waals surface area contributed by atoms with E-state index in [0.29, 0.717) is 6.54 Å². The van der Waals surface area contributed by atoms with E-state index in [0.717, 1.165) is 17.8 Å². The molecule has 0 spiro atoms. The van der Waals surface area contributed by atoms with Gasteiger partial charge < -0.3 is 16.0 Å². The molecule has 0 radical (unpaired) electrons. The van der Waals surface area contributed by atoms with E-state index in [1.165, 1.54) is 5.56 Å². The Morgan fingerprint density at radius 1 is 1.09 bits per heavy atom. The largest absolute Gasteiger partial charge is 0.370 e. The van der Waals surface area contributed by atoms with Crippen LogP contribution in [0.2, 0.25) is 0 Å². The van der Waals surface area contributed by atoms with Crippen molar-refractivity contribution in [1.29, 1.82) is 0 Å². The van der Waals surface area contributed by atoms with Crippen LogP contribution in [0, 0.1) is 0 Å². The van der Waals surface area contributed by atoms with Crippen LogP contribution in [0.3, 0.4) is 0 Å². The van der Waals surface area contributed by atoms with Gasteiger partial charge in [0.2, 0.25) is 5.91 Å². The van der Waals surface area contributed by atoms with Crippen molar-refractivity contribution in [2.45, 2.75) is 26.1 Å². The predicted octanol–water partition coefficient (Wildman–Crippen LogP) is 2.29. The molecule has 3 N–H and O–H groups in total. The first-order valence-electron chi connectivity index (χ1n) is 7.43. The first kappa shape index (κ1) is 16.0. The molecule has 2 aromatic rings. The molecule has 4 heteroatoms. The predicted molar refractivity (Wildman–Crippen MR) is 90.5 cm³/mol. The third kappa shape index (κ3) is 4.60. The first-order valence-corrected chi connectivity index (χ1v) is 7.43. The second kappa shape index (κ2) is 7.61. The normalized spacial score (nSPS) is 11.9. The van der Waals surface area contributed by atoms with Gasteiger partial charge in [-0.1, -0.05) is 42.5 Å². The van der Waals surface area contributed by atoms with Gasteiger partial charge in [0.25, 0.3) is 0 Å². The van der Waals surface area contributed by atoms with Crippen LogP contribution in [0.15, 0.2) is 54.6 Å². The summed E-state index contributed by atoms with van der Waals surface area (Å²) in [5.41, 5.74) is 8.80. The summed E-state index contributed by atoms with van der Waals surface area (Å²) in [6.07, 6.45) is 0. The number of benzene rings is 2. The summed E-state index contributed by atoms with van der Waals surface area (Å²) in [4.78, 5) is 13.2. The zero-order chi connectivity index (χ0) is 15.9. The van der Waals surface area contributed by atoms with Crippen LogP contribution >= 0.6 is 0 Å². The van der Waals surface area contributed by atoms with Crippen LogP contribution < -0.4 is 16.0 Å². The van der Waals surface area contributed by atoms with E-state index in [1.54, 1.807) is 6.92 Å². The molecule has 0 unspecified atom stereocenters. The minimum absolute atomic E-state index is 0.319. The van der Waals surface area contributed by atoms with Crippen molar-refractivity contribution in [3.05, 3.63) is 65.7 Å². The van der Waals surface area contributed by atoms with Crippen LogP contribution in [-0.2, 0) is 17.9 Å². The lowest BCUT2D eigenvalue weighted by atomic mass is 10.1. The number of primary amides is 1. The molecule has 0 fully saturated rings. The Hall–Kier alpha value is -2.33. The molecule has 22 heavy (non-hydrogen) atoms.